The largest absolute Gasteiger partial charge is 0.465 e. The first-order valence-corrected chi connectivity index (χ1v) is 11.2. The molecule has 1 aliphatic rings. The highest BCUT2D eigenvalue weighted by Gasteiger charge is 2.27. The third-order valence-corrected chi connectivity index (χ3v) is 6.37. The molecule has 7 nitrogen and oxygen atoms in total. The lowest BCUT2D eigenvalue weighted by atomic mass is 10.0. The second kappa shape index (κ2) is 8.13. The van der Waals surface area contributed by atoms with Crippen LogP contribution in [0.25, 0.3) is 28.0 Å². The summed E-state index contributed by atoms with van der Waals surface area (Å²) in [5, 5.41) is 4.48. The summed E-state index contributed by atoms with van der Waals surface area (Å²) >= 11 is 0. The van der Waals surface area contributed by atoms with Crippen molar-refractivity contribution in [3.63, 3.8) is 0 Å². The number of fused-ring (bicyclic) bond motifs is 1. The molecule has 0 atom stereocenters. The van der Waals surface area contributed by atoms with Crippen molar-refractivity contribution in [3.8, 4) is 22.4 Å². The van der Waals surface area contributed by atoms with Gasteiger partial charge in [-0.05, 0) is 48.2 Å². The predicted molar refractivity (Wildman–Crippen MR) is 116 cm³/mol. The topological polar surface area (TPSA) is 87.5 Å². The summed E-state index contributed by atoms with van der Waals surface area (Å²) in [6.07, 6.45) is 0. The highest BCUT2D eigenvalue weighted by Crippen LogP contribution is 2.33. The number of nitrogens with zero attached hydrogens (tertiary/aromatic N) is 2. The van der Waals surface area contributed by atoms with Crippen molar-refractivity contribution >= 4 is 21.7 Å². The molecule has 8 heteroatoms. The quantitative estimate of drug-likeness (QED) is 0.427. The van der Waals surface area contributed by atoms with E-state index in [-0.39, 0.29) is 24.0 Å². The third kappa shape index (κ3) is 4.17. The lowest BCUT2D eigenvalue weighted by Crippen LogP contribution is -2.15. The van der Waals surface area contributed by atoms with E-state index >= 15 is 0 Å². The highest BCUT2D eigenvalue weighted by molar-refractivity contribution is 7.87. The van der Waals surface area contributed by atoms with E-state index in [0.29, 0.717) is 17.9 Å². The minimum atomic E-state index is -3.68. The molecule has 31 heavy (non-hydrogen) atoms. The number of ether oxygens (including phenoxy) is 1. The van der Waals surface area contributed by atoms with Gasteiger partial charge in [-0.1, -0.05) is 43.0 Å². The highest BCUT2D eigenvalue weighted by atomic mass is 32.2. The molecular weight excluding hydrogens is 416 g/mol. The standard InChI is InChI=1S/C23H22N2O5S/c1-4-29-23(26)13-25-21(12-20(24-25)15(2)3)17-7-5-16(6-8-17)18-9-10-19-14-30-31(27,28)22(19)11-18/h5-12H,2,4,13-14H2,1,3H3. The maximum absolute atomic E-state index is 12.0. The van der Waals surface area contributed by atoms with E-state index in [1.165, 1.54) is 0 Å². The molecule has 0 N–H and O–H groups in total. The molecule has 160 valence electrons. The van der Waals surface area contributed by atoms with Gasteiger partial charge in [-0.2, -0.15) is 13.5 Å². The van der Waals surface area contributed by atoms with E-state index in [1.54, 1.807) is 23.7 Å². The summed E-state index contributed by atoms with van der Waals surface area (Å²) in [5.74, 6) is -0.363. The van der Waals surface area contributed by atoms with Gasteiger partial charge in [0.2, 0.25) is 0 Å². The van der Waals surface area contributed by atoms with Gasteiger partial charge in [0.15, 0.2) is 0 Å². The number of carbonyl (C=O) groups is 1. The van der Waals surface area contributed by atoms with Crippen LogP contribution in [0.2, 0.25) is 0 Å². The summed E-state index contributed by atoms with van der Waals surface area (Å²) in [6.45, 7) is 7.93. The molecule has 0 fully saturated rings. The minimum Gasteiger partial charge on any atom is -0.465 e. The lowest BCUT2D eigenvalue weighted by molar-refractivity contribution is -0.144. The van der Waals surface area contributed by atoms with E-state index < -0.39 is 10.1 Å². The average Bonchev–Trinajstić information content (AvgIpc) is 3.29. The Morgan fingerprint density at radius 2 is 1.81 bits per heavy atom. The Morgan fingerprint density at radius 3 is 2.48 bits per heavy atom. The van der Waals surface area contributed by atoms with Crippen LogP contribution in [-0.2, 0) is 37.0 Å². The number of hydrogen-bond donors (Lipinski definition) is 0. The van der Waals surface area contributed by atoms with E-state index in [2.05, 4.69) is 11.7 Å². The van der Waals surface area contributed by atoms with Crippen LogP contribution in [0.3, 0.4) is 0 Å². The molecule has 2 aromatic carbocycles. The number of hydrogen-bond acceptors (Lipinski definition) is 6. The number of rotatable bonds is 6. The Hall–Kier alpha value is -3.23. The van der Waals surface area contributed by atoms with E-state index in [1.807, 2.05) is 43.3 Å². The molecule has 0 amide bonds. The third-order valence-electron chi connectivity index (χ3n) is 5.02. The van der Waals surface area contributed by atoms with Crippen LogP contribution in [0.1, 0.15) is 25.1 Å². The SMILES string of the molecule is C=C(C)c1cc(-c2ccc(-c3ccc4c(c3)S(=O)(=O)OC4)cc2)n(CC(=O)OCC)n1. The first-order valence-electron chi connectivity index (χ1n) is 9.81. The van der Waals surface area contributed by atoms with Crippen molar-refractivity contribution in [1.29, 1.82) is 0 Å². The fourth-order valence-corrected chi connectivity index (χ4v) is 4.56. The van der Waals surface area contributed by atoms with Gasteiger partial charge in [0.25, 0.3) is 10.1 Å². The van der Waals surface area contributed by atoms with Gasteiger partial charge in [0.1, 0.15) is 11.4 Å². The fraction of sp³-hybridized carbons (Fsp3) is 0.217. The Labute approximate surface area is 181 Å². The van der Waals surface area contributed by atoms with Gasteiger partial charge >= 0.3 is 5.97 Å². The van der Waals surface area contributed by atoms with Crippen molar-refractivity contribution in [1.82, 2.24) is 9.78 Å². The second-order valence-electron chi connectivity index (χ2n) is 7.27. The monoisotopic (exact) mass is 438 g/mol. The molecule has 0 saturated heterocycles. The van der Waals surface area contributed by atoms with E-state index in [9.17, 15) is 13.2 Å². The first kappa shape index (κ1) is 21.0. The normalized spacial score (nSPS) is 14.3. The number of aromatic nitrogens is 2. The van der Waals surface area contributed by atoms with Crippen molar-refractivity contribution in [2.24, 2.45) is 0 Å². The van der Waals surface area contributed by atoms with Crippen LogP contribution in [0.5, 0.6) is 0 Å². The summed E-state index contributed by atoms with van der Waals surface area (Å²) in [5.41, 5.74) is 5.43. The predicted octanol–water partition coefficient (Wildman–Crippen LogP) is 4.03. The first-order chi connectivity index (χ1) is 14.8. The van der Waals surface area contributed by atoms with Gasteiger partial charge < -0.3 is 4.74 Å². The number of esters is 1. The zero-order valence-corrected chi connectivity index (χ0v) is 18.1. The molecule has 0 spiro atoms. The molecule has 2 heterocycles. The zero-order valence-electron chi connectivity index (χ0n) is 17.3. The van der Waals surface area contributed by atoms with Crippen molar-refractivity contribution in [3.05, 3.63) is 66.4 Å². The minimum absolute atomic E-state index is 0.000879. The Morgan fingerprint density at radius 1 is 1.13 bits per heavy atom. The molecule has 0 unspecified atom stereocenters. The average molecular weight is 439 g/mol. The number of allylic oxidation sites excluding steroid dienone is 1. The summed E-state index contributed by atoms with van der Waals surface area (Å²) in [6, 6.07) is 14.8. The van der Waals surface area contributed by atoms with Gasteiger partial charge in [0.05, 0.1) is 24.6 Å². The molecule has 1 aromatic heterocycles. The van der Waals surface area contributed by atoms with Crippen LogP contribution >= 0.6 is 0 Å². The maximum atomic E-state index is 12.0. The smallest absolute Gasteiger partial charge is 0.327 e. The lowest BCUT2D eigenvalue weighted by Gasteiger charge is -2.09. The van der Waals surface area contributed by atoms with Crippen LogP contribution in [0.4, 0.5) is 0 Å². The van der Waals surface area contributed by atoms with E-state index in [0.717, 1.165) is 28.0 Å². The Bertz CT molecular complexity index is 1270. The van der Waals surface area contributed by atoms with Gasteiger partial charge in [-0.25, -0.2) is 0 Å². The molecule has 0 bridgehead atoms. The molecule has 0 radical (unpaired) electrons. The second-order valence-corrected chi connectivity index (χ2v) is 8.86. The van der Waals surface area contributed by atoms with Crippen molar-refractivity contribution < 1.29 is 22.1 Å². The Balaban J connectivity index is 1.67. The molecule has 1 aliphatic heterocycles. The summed E-state index contributed by atoms with van der Waals surface area (Å²) < 4.78 is 35.6. The molecule has 0 aliphatic carbocycles. The fourth-order valence-electron chi connectivity index (χ4n) is 3.43. The molecular formula is C23H22N2O5S. The number of carbonyl (C=O) groups excluding carboxylic acids is 1. The van der Waals surface area contributed by atoms with Crippen molar-refractivity contribution in [2.75, 3.05) is 6.61 Å². The number of benzene rings is 2. The van der Waals surface area contributed by atoms with Crippen molar-refractivity contribution in [2.45, 2.75) is 31.9 Å². The summed E-state index contributed by atoms with van der Waals surface area (Å²) in [4.78, 5) is 12.2. The van der Waals surface area contributed by atoms with Gasteiger partial charge in [0, 0.05) is 5.56 Å². The molecule has 0 saturated carbocycles. The zero-order chi connectivity index (χ0) is 22.2. The van der Waals surface area contributed by atoms with Gasteiger partial charge in [-0.3, -0.25) is 13.7 Å². The molecule has 4 rings (SSSR count). The van der Waals surface area contributed by atoms with Crippen LogP contribution in [0, 0.1) is 0 Å². The van der Waals surface area contributed by atoms with Crippen LogP contribution in [0.15, 0.2) is 60.0 Å². The Kier molecular flexibility index (Phi) is 5.51. The van der Waals surface area contributed by atoms with Gasteiger partial charge in [-0.15, -0.1) is 0 Å². The van der Waals surface area contributed by atoms with E-state index in [4.69, 9.17) is 8.92 Å². The van der Waals surface area contributed by atoms with Crippen LogP contribution < -0.4 is 0 Å². The van der Waals surface area contributed by atoms with Crippen LogP contribution in [-0.4, -0.2) is 30.8 Å². The maximum Gasteiger partial charge on any atom is 0.327 e. The summed E-state index contributed by atoms with van der Waals surface area (Å²) in [7, 11) is -3.68. The molecule has 3 aromatic rings.